The highest BCUT2D eigenvalue weighted by Gasteiger charge is 2.20. The summed E-state index contributed by atoms with van der Waals surface area (Å²) in [6, 6.07) is 37.8. The first-order chi connectivity index (χ1) is 27.5. The number of phenolic OH excluding ortho intramolecular Hbond substituents is 2. The second-order valence-corrected chi connectivity index (χ2v) is 13.8. The number of fused-ring (bicyclic) bond motifs is 8. The Morgan fingerprint density at radius 1 is 0.393 bits per heavy atom. The van der Waals surface area contributed by atoms with E-state index in [1.54, 1.807) is 48.5 Å². The van der Waals surface area contributed by atoms with Crippen LogP contribution >= 0.6 is 0 Å². The molecule has 1 aliphatic carbocycles. The van der Waals surface area contributed by atoms with E-state index in [4.69, 9.17) is 18.9 Å². The molecule has 0 saturated carbocycles. The first-order valence-corrected chi connectivity index (χ1v) is 18.9. The molecule has 0 radical (unpaired) electrons. The summed E-state index contributed by atoms with van der Waals surface area (Å²) in [5, 5.41) is 23.5. The Balaban J connectivity index is 1.14. The number of para-hydroxylation sites is 4. The molecule has 0 atom stereocenters. The summed E-state index contributed by atoms with van der Waals surface area (Å²) in [7, 11) is 0. The molecule has 0 amide bonds. The molecule has 2 N–H and O–H groups in total. The lowest BCUT2D eigenvalue weighted by molar-refractivity contribution is 0.111. The second-order valence-electron chi connectivity index (χ2n) is 13.8. The molecule has 0 fully saturated rings. The summed E-state index contributed by atoms with van der Waals surface area (Å²) >= 11 is 0. The number of carbonyl (C=O) groups is 2. The fourth-order valence-electron chi connectivity index (χ4n) is 7.02. The summed E-state index contributed by atoms with van der Waals surface area (Å²) in [6.45, 7) is 1.65. The molecular formula is C48H44O8. The van der Waals surface area contributed by atoms with Gasteiger partial charge in [-0.2, -0.15) is 0 Å². The molecule has 0 unspecified atom stereocenters. The average Bonchev–Trinajstić information content (AvgIpc) is 3.22. The minimum Gasteiger partial charge on any atom is -0.507 e. The normalized spacial score (nSPS) is 12.0. The average molecular weight is 749 g/mol. The van der Waals surface area contributed by atoms with Gasteiger partial charge in [0.1, 0.15) is 47.1 Å². The Hall–Kier alpha value is -6.54. The van der Waals surface area contributed by atoms with Crippen molar-refractivity contribution in [2.45, 2.75) is 38.5 Å². The van der Waals surface area contributed by atoms with Gasteiger partial charge in [0, 0.05) is 49.7 Å². The molecule has 0 heterocycles. The van der Waals surface area contributed by atoms with Gasteiger partial charge >= 0.3 is 0 Å². The number of aldehydes is 2. The zero-order valence-electron chi connectivity index (χ0n) is 31.1. The lowest BCUT2D eigenvalue weighted by atomic mass is 9.91. The van der Waals surface area contributed by atoms with Gasteiger partial charge in [0.15, 0.2) is 0 Å². The van der Waals surface area contributed by atoms with Crippen LogP contribution in [0.15, 0.2) is 121 Å². The van der Waals surface area contributed by atoms with Crippen LogP contribution in [0.2, 0.25) is 0 Å². The number of aromatic hydroxyl groups is 2. The molecule has 1 aliphatic rings. The highest BCUT2D eigenvalue weighted by Crippen LogP contribution is 2.38. The van der Waals surface area contributed by atoms with Gasteiger partial charge in [-0.1, -0.05) is 72.8 Å². The van der Waals surface area contributed by atoms with Crippen molar-refractivity contribution in [1.29, 1.82) is 0 Å². The Bertz CT molecular complexity index is 2030. The van der Waals surface area contributed by atoms with Crippen molar-refractivity contribution in [3.8, 4) is 34.5 Å². The van der Waals surface area contributed by atoms with E-state index < -0.39 is 0 Å². The predicted molar refractivity (Wildman–Crippen MR) is 215 cm³/mol. The van der Waals surface area contributed by atoms with Crippen LogP contribution < -0.4 is 18.9 Å². The minimum absolute atomic E-state index is 0.234. The Kier molecular flexibility index (Phi) is 12.3. The quantitative estimate of drug-likeness (QED) is 0.0838. The van der Waals surface area contributed by atoms with Crippen LogP contribution in [0.3, 0.4) is 0 Å². The van der Waals surface area contributed by atoms with Gasteiger partial charge in [-0.3, -0.25) is 9.59 Å². The van der Waals surface area contributed by atoms with Crippen molar-refractivity contribution in [2.24, 2.45) is 0 Å². The van der Waals surface area contributed by atoms with Crippen molar-refractivity contribution >= 4 is 12.6 Å². The molecule has 7 rings (SSSR count). The van der Waals surface area contributed by atoms with Gasteiger partial charge in [0.05, 0.1) is 26.4 Å². The van der Waals surface area contributed by atoms with Crippen molar-refractivity contribution in [2.75, 3.05) is 26.4 Å². The monoisotopic (exact) mass is 748 g/mol. The van der Waals surface area contributed by atoms with Crippen molar-refractivity contribution in [3.05, 3.63) is 177 Å². The molecule has 0 aromatic heterocycles. The topological polar surface area (TPSA) is 112 Å². The first-order valence-electron chi connectivity index (χ1n) is 18.9. The summed E-state index contributed by atoms with van der Waals surface area (Å²) in [5.74, 6) is 3.30. The van der Waals surface area contributed by atoms with E-state index in [0.29, 0.717) is 87.6 Å². The number of benzene rings is 6. The van der Waals surface area contributed by atoms with Gasteiger partial charge in [0.25, 0.3) is 0 Å². The van der Waals surface area contributed by atoms with Crippen LogP contribution in [0.1, 0.15) is 78.1 Å². The van der Waals surface area contributed by atoms with E-state index in [1.165, 1.54) is 0 Å². The van der Waals surface area contributed by atoms with Gasteiger partial charge < -0.3 is 29.2 Å². The Labute approximate surface area is 326 Å². The van der Waals surface area contributed by atoms with Crippen LogP contribution in [0, 0.1) is 0 Å². The maximum absolute atomic E-state index is 11.7. The lowest BCUT2D eigenvalue weighted by Crippen LogP contribution is -2.09. The Morgan fingerprint density at radius 2 is 0.679 bits per heavy atom. The molecule has 6 aromatic carbocycles. The van der Waals surface area contributed by atoms with E-state index in [2.05, 4.69) is 0 Å². The molecule has 8 heteroatoms. The third-order valence-corrected chi connectivity index (χ3v) is 9.93. The van der Waals surface area contributed by atoms with Gasteiger partial charge in [-0.15, -0.1) is 0 Å². The van der Waals surface area contributed by atoms with E-state index in [0.717, 1.165) is 68.6 Å². The molecule has 8 nitrogen and oxygen atoms in total. The largest absolute Gasteiger partial charge is 0.507 e. The second kappa shape index (κ2) is 18.2. The number of hydrogen-bond acceptors (Lipinski definition) is 8. The summed E-state index contributed by atoms with van der Waals surface area (Å²) in [4.78, 5) is 22.0. The third-order valence-electron chi connectivity index (χ3n) is 9.93. The van der Waals surface area contributed by atoms with Crippen molar-refractivity contribution < 1.29 is 38.7 Å². The maximum Gasteiger partial charge on any atom is 0.150 e. The van der Waals surface area contributed by atoms with Gasteiger partial charge in [-0.25, -0.2) is 0 Å². The van der Waals surface area contributed by atoms with Crippen LogP contribution in [-0.2, 0) is 25.7 Å². The smallest absolute Gasteiger partial charge is 0.150 e. The highest BCUT2D eigenvalue weighted by molar-refractivity contribution is 5.75. The number of phenols is 2. The number of hydrogen-bond donors (Lipinski definition) is 2. The van der Waals surface area contributed by atoms with Crippen LogP contribution in [0.5, 0.6) is 34.5 Å². The summed E-state index contributed by atoms with van der Waals surface area (Å²) in [6.07, 6.45) is 4.61. The van der Waals surface area contributed by atoms with E-state index in [-0.39, 0.29) is 11.5 Å². The lowest BCUT2D eigenvalue weighted by Gasteiger charge is -2.20. The van der Waals surface area contributed by atoms with Crippen LogP contribution in [0.4, 0.5) is 0 Å². The SMILES string of the molecule is O=Cc1ccc(OCCCOc2c3cccc2Cc2cccc(c2O)Cc2cccc(c2OCCCOc2ccc(C=O)cc2)Cc2cccc(c2O)C3)cc1. The van der Waals surface area contributed by atoms with Gasteiger partial charge in [-0.05, 0) is 93.0 Å². The molecular weight excluding hydrogens is 705 g/mol. The zero-order chi connectivity index (χ0) is 38.7. The first kappa shape index (κ1) is 37.8. The van der Waals surface area contributed by atoms with E-state index in [9.17, 15) is 19.8 Å². The highest BCUT2D eigenvalue weighted by atomic mass is 16.5. The number of ether oxygens (including phenoxy) is 4. The molecule has 6 aromatic rings. The Morgan fingerprint density at radius 3 is 0.982 bits per heavy atom. The number of rotatable bonds is 14. The van der Waals surface area contributed by atoms with Crippen LogP contribution in [0.25, 0.3) is 0 Å². The molecule has 8 bridgehead atoms. The molecule has 284 valence electrons. The van der Waals surface area contributed by atoms with E-state index in [1.807, 2.05) is 72.8 Å². The zero-order valence-corrected chi connectivity index (χ0v) is 31.1. The molecule has 0 saturated heterocycles. The minimum atomic E-state index is 0.234. The standard InChI is InChI=1S/C48H44O8/c49-31-33-15-19-43(20-16-33)53-23-5-25-55-47-39-11-3-13-41(47)29-37-9-2-10-38(46(37)52)30-42-14-4-12-40(28-36-8-1-7-35(27-39)45(36)51)48(42)56-26-6-24-54-44-21-17-34(32-50)18-22-44/h1-4,7-22,31-32,51-52H,5-6,23-30H2. The molecule has 0 spiro atoms. The predicted octanol–water partition coefficient (Wildman–Crippen LogP) is 9.10. The fraction of sp³-hybridized carbons (Fsp3) is 0.208. The molecule has 0 aliphatic heterocycles. The van der Waals surface area contributed by atoms with Crippen molar-refractivity contribution in [1.82, 2.24) is 0 Å². The van der Waals surface area contributed by atoms with E-state index >= 15 is 0 Å². The van der Waals surface area contributed by atoms with Gasteiger partial charge in [0.2, 0.25) is 0 Å². The van der Waals surface area contributed by atoms with Crippen molar-refractivity contribution in [3.63, 3.8) is 0 Å². The molecule has 56 heavy (non-hydrogen) atoms. The maximum atomic E-state index is 11.7. The number of carbonyl (C=O) groups excluding carboxylic acids is 2. The van der Waals surface area contributed by atoms with Crippen LogP contribution in [-0.4, -0.2) is 49.2 Å². The third kappa shape index (κ3) is 9.21. The summed E-state index contributed by atoms with van der Waals surface area (Å²) in [5.41, 5.74) is 8.01. The summed E-state index contributed by atoms with van der Waals surface area (Å²) < 4.78 is 24.8. The fourth-order valence-corrected chi connectivity index (χ4v) is 7.02.